The van der Waals surface area contributed by atoms with E-state index in [1.54, 1.807) is 0 Å². The molecule has 1 aliphatic carbocycles. The minimum atomic E-state index is -0.829. The molecule has 7 heteroatoms. The third-order valence-corrected chi connectivity index (χ3v) is 6.55. The highest BCUT2D eigenvalue weighted by atomic mass is 16.4. The van der Waals surface area contributed by atoms with Crippen molar-refractivity contribution < 1.29 is 9.90 Å². The molecular formula is C22H27N5O2. The van der Waals surface area contributed by atoms with Gasteiger partial charge < -0.3 is 19.8 Å². The molecule has 2 aromatic rings. The smallest absolute Gasteiger partial charge is 0.407 e. The fraction of sp³-hybridized carbons (Fsp3) is 0.500. The van der Waals surface area contributed by atoms with E-state index in [2.05, 4.69) is 41.0 Å². The number of benzene rings is 1. The summed E-state index contributed by atoms with van der Waals surface area (Å²) in [7, 11) is 0. The van der Waals surface area contributed by atoms with Crippen LogP contribution in [-0.4, -0.2) is 64.8 Å². The SMILES string of the molecule is C[C@H]1CCN1c1nc2c(c(-c3ccc(N4CCN(C(=O)O)CC4)cc3)n1)CCC2. The fourth-order valence-electron chi connectivity index (χ4n) is 4.59. The Morgan fingerprint density at radius 1 is 1.03 bits per heavy atom. The van der Waals surface area contributed by atoms with Crippen LogP contribution in [0.5, 0.6) is 0 Å². The van der Waals surface area contributed by atoms with Gasteiger partial charge in [0.2, 0.25) is 5.95 Å². The van der Waals surface area contributed by atoms with Crippen LogP contribution in [0.4, 0.5) is 16.4 Å². The van der Waals surface area contributed by atoms with E-state index in [-0.39, 0.29) is 0 Å². The third kappa shape index (κ3) is 3.28. The van der Waals surface area contributed by atoms with Crippen molar-refractivity contribution in [2.75, 3.05) is 42.5 Å². The Balaban J connectivity index is 1.40. The van der Waals surface area contributed by atoms with Crippen LogP contribution in [0.3, 0.4) is 0 Å². The molecule has 3 heterocycles. The number of hydrogen-bond donors (Lipinski definition) is 1. The standard InChI is InChI=1S/C22H27N5O2/c1-15-9-10-27(15)21-23-19-4-2-3-18(19)20(24-21)16-5-7-17(8-6-16)25-11-13-26(14-12-25)22(28)29/h5-8,15H,2-4,9-14H2,1H3,(H,28,29)/t15-/m0/s1. The maximum atomic E-state index is 11.1. The molecule has 7 nitrogen and oxygen atoms in total. The second-order valence-corrected chi connectivity index (χ2v) is 8.29. The summed E-state index contributed by atoms with van der Waals surface area (Å²) in [4.78, 5) is 27.0. The Morgan fingerprint density at radius 3 is 2.41 bits per heavy atom. The number of anilines is 2. The van der Waals surface area contributed by atoms with Crippen LogP contribution >= 0.6 is 0 Å². The second-order valence-electron chi connectivity index (χ2n) is 8.29. The molecule has 1 amide bonds. The zero-order valence-electron chi connectivity index (χ0n) is 16.8. The molecule has 2 fully saturated rings. The lowest BCUT2D eigenvalue weighted by Crippen LogP contribution is -2.48. The third-order valence-electron chi connectivity index (χ3n) is 6.55. The molecule has 1 N–H and O–H groups in total. The van der Waals surface area contributed by atoms with E-state index in [9.17, 15) is 4.79 Å². The molecule has 5 rings (SSSR count). The predicted molar refractivity (Wildman–Crippen MR) is 113 cm³/mol. The van der Waals surface area contributed by atoms with Crippen molar-refractivity contribution in [2.24, 2.45) is 0 Å². The molecule has 152 valence electrons. The zero-order chi connectivity index (χ0) is 20.0. The summed E-state index contributed by atoms with van der Waals surface area (Å²) in [5.74, 6) is 0.883. The van der Waals surface area contributed by atoms with E-state index in [0.717, 1.165) is 61.8 Å². The Labute approximate surface area is 171 Å². The molecule has 1 aromatic heterocycles. The van der Waals surface area contributed by atoms with Gasteiger partial charge in [-0.3, -0.25) is 0 Å². The molecule has 1 aromatic carbocycles. The van der Waals surface area contributed by atoms with Gasteiger partial charge in [-0.25, -0.2) is 14.8 Å². The molecule has 0 radical (unpaired) electrons. The van der Waals surface area contributed by atoms with Gasteiger partial charge >= 0.3 is 6.09 Å². The van der Waals surface area contributed by atoms with Gasteiger partial charge in [-0.2, -0.15) is 0 Å². The van der Waals surface area contributed by atoms with Crippen molar-refractivity contribution in [1.82, 2.24) is 14.9 Å². The predicted octanol–water partition coefficient (Wildman–Crippen LogP) is 3.03. The summed E-state index contributed by atoms with van der Waals surface area (Å²) in [5.41, 5.74) is 5.90. The van der Waals surface area contributed by atoms with Crippen LogP contribution in [0.1, 0.15) is 31.0 Å². The molecular weight excluding hydrogens is 366 g/mol. The minimum Gasteiger partial charge on any atom is -0.465 e. The van der Waals surface area contributed by atoms with Gasteiger partial charge in [0.05, 0.1) is 5.69 Å². The minimum absolute atomic E-state index is 0.522. The first-order valence-electron chi connectivity index (χ1n) is 10.6. The van der Waals surface area contributed by atoms with Crippen molar-refractivity contribution in [3.05, 3.63) is 35.5 Å². The topological polar surface area (TPSA) is 72.8 Å². The lowest BCUT2D eigenvalue weighted by molar-refractivity contribution is 0.142. The Bertz CT molecular complexity index is 922. The highest BCUT2D eigenvalue weighted by Gasteiger charge is 2.29. The second kappa shape index (κ2) is 7.21. The van der Waals surface area contributed by atoms with Crippen molar-refractivity contribution in [1.29, 1.82) is 0 Å². The fourth-order valence-corrected chi connectivity index (χ4v) is 4.59. The van der Waals surface area contributed by atoms with Crippen LogP contribution in [-0.2, 0) is 12.8 Å². The monoisotopic (exact) mass is 393 g/mol. The number of amides is 1. The number of carboxylic acid groups (broad SMARTS) is 1. The van der Waals surface area contributed by atoms with E-state index < -0.39 is 6.09 Å². The van der Waals surface area contributed by atoms with Crippen molar-refractivity contribution in [3.63, 3.8) is 0 Å². The van der Waals surface area contributed by atoms with E-state index in [4.69, 9.17) is 15.1 Å². The highest BCUT2D eigenvalue weighted by Crippen LogP contribution is 2.34. The van der Waals surface area contributed by atoms with Gasteiger partial charge in [-0.05, 0) is 44.7 Å². The first-order chi connectivity index (χ1) is 14.1. The zero-order valence-corrected chi connectivity index (χ0v) is 16.8. The molecule has 0 saturated carbocycles. The normalized spacial score (nSPS) is 21.1. The van der Waals surface area contributed by atoms with Crippen LogP contribution in [0.15, 0.2) is 24.3 Å². The maximum Gasteiger partial charge on any atom is 0.407 e. The Morgan fingerprint density at radius 2 is 1.79 bits per heavy atom. The molecule has 0 spiro atoms. The molecule has 3 aliphatic rings. The van der Waals surface area contributed by atoms with E-state index in [1.165, 1.54) is 22.6 Å². The van der Waals surface area contributed by atoms with Crippen LogP contribution in [0, 0.1) is 0 Å². The summed E-state index contributed by atoms with van der Waals surface area (Å²) < 4.78 is 0. The van der Waals surface area contributed by atoms with Gasteiger partial charge in [0.15, 0.2) is 0 Å². The van der Waals surface area contributed by atoms with Crippen molar-refractivity contribution >= 4 is 17.7 Å². The number of aryl methyl sites for hydroxylation is 1. The van der Waals surface area contributed by atoms with E-state index in [1.807, 2.05) is 0 Å². The van der Waals surface area contributed by atoms with Gasteiger partial charge in [0.1, 0.15) is 0 Å². The maximum absolute atomic E-state index is 11.1. The molecule has 0 bridgehead atoms. The number of rotatable bonds is 3. The van der Waals surface area contributed by atoms with Gasteiger partial charge in [-0.15, -0.1) is 0 Å². The average molecular weight is 393 g/mol. The molecule has 0 unspecified atom stereocenters. The highest BCUT2D eigenvalue weighted by molar-refractivity contribution is 5.69. The lowest BCUT2D eigenvalue weighted by Gasteiger charge is -2.39. The van der Waals surface area contributed by atoms with Gasteiger partial charge in [0.25, 0.3) is 0 Å². The van der Waals surface area contributed by atoms with E-state index in [0.29, 0.717) is 19.1 Å². The number of piperazine rings is 1. The van der Waals surface area contributed by atoms with Gasteiger partial charge in [0, 0.05) is 61.3 Å². The number of hydrogen-bond acceptors (Lipinski definition) is 5. The summed E-state index contributed by atoms with van der Waals surface area (Å²) in [5, 5.41) is 9.13. The Hall–Kier alpha value is -2.83. The average Bonchev–Trinajstić information content (AvgIpc) is 3.21. The number of carbonyl (C=O) groups is 1. The quantitative estimate of drug-likeness (QED) is 0.864. The van der Waals surface area contributed by atoms with Crippen LogP contribution in [0.25, 0.3) is 11.3 Å². The van der Waals surface area contributed by atoms with Crippen molar-refractivity contribution in [3.8, 4) is 11.3 Å². The molecule has 29 heavy (non-hydrogen) atoms. The summed E-state index contributed by atoms with van der Waals surface area (Å²) in [6, 6.07) is 9.11. The molecule has 2 aliphatic heterocycles. The summed E-state index contributed by atoms with van der Waals surface area (Å²) in [6.45, 7) is 5.83. The molecule has 1 atom stereocenters. The number of aromatic nitrogens is 2. The van der Waals surface area contributed by atoms with Crippen molar-refractivity contribution in [2.45, 2.75) is 38.6 Å². The van der Waals surface area contributed by atoms with E-state index >= 15 is 0 Å². The Kier molecular flexibility index (Phi) is 4.53. The number of fused-ring (bicyclic) bond motifs is 1. The number of nitrogens with zero attached hydrogens (tertiary/aromatic N) is 5. The summed E-state index contributed by atoms with van der Waals surface area (Å²) in [6.07, 6.45) is 3.64. The molecule has 2 saturated heterocycles. The van der Waals surface area contributed by atoms with Crippen LogP contribution in [0.2, 0.25) is 0 Å². The largest absolute Gasteiger partial charge is 0.465 e. The van der Waals surface area contributed by atoms with Crippen LogP contribution < -0.4 is 9.80 Å². The first-order valence-corrected chi connectivity index (χ1v) is 10.6. The van der Waals surface area contributed by atoms with Gasteiger partial charge in [-0.1, -0.05) is 12.1 Å². The first kappa shape index (κ1) is 18.2. The summed E-state index contributed by atoms with van der Waals surface area (Å²) >= 11 is 0. The lowest BCUT2D eigenvalue weighted by atomic mass is 10.0.